The van der Waals surface area contributed by atoms with Gasteiger partial charge in [-0.1, -0.05) is 13.0 Å². The van der Waals surface area contributed by atoms with E-state index in [9.17, 15) is 15.2 Å². The SMILES string of the molecule is CCCNc1cccc(N(C)CC(C)(C)O)c1[N+](=O)[O-]. The largest absolute Gasteiger partial charge is 0.389 e. The predicted octanol–water partition coefficient (Wildman–Crippen LogP) is 2.62. The van der Waals surface area contributed by atoms with Gasteiger partial charge in [0.05, 0.1) is 10.5 Å². The molecule has 0 atom stereocenters. The monoisotopic (exact) mass is 281 g/mol. The van der Waals surface area contributed by atoms with Gasteiger partial charge in [0.25, 0.3) is 0 Å². The van der Waals surface area contributed by atoms with Gasteiger partial charge in [0.1, 0.15) is 11.4 Å². The molecule has 0 saturated carbocycles. The summed E-state index contributed by atoms with van der Waals surface area (Å²) in [6.07, 6.45) is 0.890. The second kappa shape index (κ2) is 6.56. The van der Waals surface area contributed by atoms with Crippen LogP contribution in [0.4, 0.5) is 17.1 Å². The van der Waals surface area contributed by atoms with Gasteiger partial charge >= 0.3 is 5.69 Å². The van der Waals surface area contributed by atoms with E-state index in [1.165, 1.54) is 0 Å². The first kappa shape index (κ1) is 16.2. The van der Waals surface area contributed by atoms with Crippen molar-refractivity contribution in [2.75, 3.05) is 30.4 Å². The van der Waals surface area contributed by atoms with Crippen molar-refractivity contribution in [2.45, 2.75) is 32.8 Å². The van der Waals surface area contributed by atoms with Crippen molar-refractivity contribution < 1.29 is 10.0 Å². The molecule has 20 heavy (non-hydrogen) atoms. The number of nitrogens with zero attached hydrogens (tertiary/aromatic N) is 2. The van der Waals surface area contributed by atoms with Crippen molar-refractivity contribution in [3.05, 3.63) is 28.3 Å². The van der Waals surface area contributed by atoms with E-state index in [1.54, 1.807) is 44.0 Å². The van der Waals surface area contributed by atoms with E-state index in [0.717, 1.165) is 6.42 Å². The molecule has 6 nitrogen and oxygen atoms in total. The van der Waals surface area contributed by atoms with Crippen LogP contribution in [0.3, 0.4) is 0 Å². The summed E-state index contributed by atoms with van der Waals surface area (Å²) in [5, 5.41) is 24.3. The predicted molar refractivity (Wildman–Crippen MR) is 81.4 cm³/mol. The maximum Gasteiger partial charge on any atom is 0.315 e. The van der Waals surface area contributed by atoms with Gasteiger partial charge in [-0.15, -0.1) is 0 Å². The number of rotatable bonds is 7. The lowest BCUT2D eigenvalue weighted by Gasteiger charge is -2.27. The van der Waals surface area contributed by atoms with E-state index in [4.69, 9.17) is 0 Å². The molecule has 0 spiro atoms. The van der Waals surface area contributed by atoms with E-state index in [2.05, 4.69) is 5.32 Å². The van der Waals surface area contributed by atoms with Crippen molar-refractivity contribution in [1.82, 2.24) is 0 Å². The molecule has 2 N–H and O–H groups in total. The molecule has 1 aromatic rings. The Balaban J connectivity index is 3.15. The Morgan fingerprint density at radius 2 is 2.10 bits per heavy atom. The highest BCUT2D eigenvalue weighted by Gasteiger charge is 2.25. The minimum Gasteiger partial charge on any atom is -0.389 e. The fourth-order valence-electron chi connectivity index (χ4n) is 2.10. The first-order valence-electron chi connectivity index (χ1n) is 6.71. The lowest BCUT2D eigenvalue weighted by atomic mass is 10.1. The summed E-state index contributed by atoms with van der Waals surface area (Å²) < 4.78 is 0. The molecule has 6 heteroatoms. The van der Waals surface area contributed by atoms with Crippen molar-refractivity contribution >= 4 is 17.1 Å². The van der Waals surface area contributed by atoms with Gasteiger partial charge in [-0.25, -0.2) is 0 Å². The Hall–Kier alpha value is -1.82. The van der Waals surface area contributed by atoms with Crippen LogP contribution in [0.2, 0.25) is 0 Å². The smallest absolute Gasteiger partial charge is 0.315 e. The maximum atomic E-state index is 11.4. The standard InChI is InChI=1S/C14H23N3O3/c1-5-9-15-11-7-6-8-12(13(11)17(19)20)16(4)10-14(2,3)18/h6-8,15,18H,5,9-10H2,1-4H3. The van der Waals surface area contributed by atoms with Crippen LogP contribution >= 0.6 is 0 Å². The average Bonchev–Trinajstić information content (AvgIpc) is 2.33. The van der Waals surface area contributed by atoms with Crippen molar-refractivity contribution in [3.8, 4) is 0 Å². The van der Waals surface area contributed by atoms with Crippen molar-refractivity contribution in [2.24, 2.45) is 0 Å². The summed E-state index contributed by atoms with van der Waals surface area (Å²) in [6.45, 7) is 6.34. The molecule has 0 aliphatic carbocycles. The highest BCUT2D eigenvalue weighted by Crippen LogP contribution is 2.35. The third kappa shape index (κ3) is 4.38. The van der Waals surface area contributed by atoms with Gasteiger partial charge < -0.3 is 15.3 Å². The highest BCUT2D eigenvalue weighted by atomic mass is 16.6. The van der Waals surface area contributed by atoms with E-state index < -0.39 is 5.60 Å². The highest BCUT2D eigenvalue weighted by molar-refractivity contribution is 5.76. The number of para-hydroxylation sites is 1. The van der Waals surface area contributed by atoms with Crippen LogP contribution in [0.5, 0.6) is 0 Å². The fourth-order valence-corrected chi connectivity index (χ4v) is 2.10. The number of benzene rings is 1. The summed E-state index contributed by atoms with van der Waals surface area (Å²) in [7, 11) is 1.74. The molecule has 0 amide bonds. The number of aliphatic hydroxyl groups is 1. The molecule has 0 bridgehead atoms. The zero-order chi connectivity index (χ0) is 15.3. The molecule has 0 aliphatic rings. The Morgan fingerprint density at radius 3 is 2.60 bits per heavy atom. The quantitative estimate of drug-likeness (QED) is 0.593. The first-order chi connectivity index (χ1) is 9.26. The van der Waals surface area contributed by atoms with Crippen LogP contribution in [-0.4, -0.2) is 35.8 Å². The lowest BCUT2D eigenvalue weighted by molar-refractivity contribution is -0.383. The Bertz CT molecular complexity index is 469. The fraction of sp³-hybridized carbons (Fsp3) is 0.571. The molecule has 0 unspecified atom stereocenters. The van der Waals surface area contributed by atoms with Crippen LogP contribution in [0, 0.1) is 10.1 Å². The molecule has 1 rings (SSSR count). The maximum absolute atomic E-state index is 11.4. The van der Waals surface area contributed by atoms with Crippen molar-refractivity contribution in [3.63, 3.8) is 0 Å². The number of nitro groups is 1. The Kier molecular flexibility index (Phi) is 5.33. The zero-order valence-corrected chi connectivity index (χ0v) is 12.5. The minimum atomic E-state index is -0.921. The number of anilines is 2. The summed E-state index contributed by atoms with van der Waals surface area (Å²) in [5.41, 5.74) is 0.137. The summed E-state index contributed by atoms with van der Waals surface area (Å²) >= 11 is 0. The van der Waals surface area contributed by atoms with Crippen LogP contribution < -0.4 is 10.2 Å². The second-order valence-corrected chi connectivity index (χ2v) is 5.53. The molecule has 0 radical (unpaired) electrons. The third-order valence-electron chi connectivity index (χ3n) is 2.80. The van der Waals surface area contributed by atoms with Crippen LogP contribution in [0.1, 0.15) is 27.2 Å². The first-order valence-corrected chi connectivity index (χ1v) is 6.71. The van der Waals surface area contributed by atoms with Crippen LogP contribution in [0.15, 0.2) is 18.2 Å². The third-order valence-corrected chi connectivity index (χ3v) is 2.80. The molecule has 0 heterocycles. The van der Waals surface area contributed by atoms with Gasteiger partial charge in [-0.05, 0) is 32.4 Å². The van der Waals surface area contributed by atoms with Gasteiger partial charge in [0.2, 0.25) is 0 Å². The molecular weight excluding hydrogens is 258 g/mol. The number of nitrogens with one attached hydrogen (secondary N) is 1. The molecule has 0 aliphatic heterocycles. The number of nitro benzene ring substituents is 1. The second-order valence-electron chi connectivity index (χ2n) is 5.53. The Morgan fingerprint density at radius 1 is 1.45 bits per heavy atom. The zero-order valence-electron chi connectivity index (χ0n) is 12.5. The van der Waals surface area contributed by atoms with Gasteiger partial charge in [-0.2, -0.15) is 0 Å². The van der Waals surface area contributed by atoms with E-state index in [-0.39, 0.29) is 10.6 Å². The van der Waals surface area contributed by atoms with Gasteiger partial charge in [-0.3, -0.25) is 10.1 Å². The molecular formula is C14H23N3O3. The van der Waals surface area contributed by atoms with E-state index in [0.29, 0.717) is 24.5 Å². The van der Waals surface area contributed by atoms with E-state index in [1.807, 2.05) is 6.92 Å². The average molecular weight is 281 g/mol. The molecule has 1 aromatic carbocycles. The minimum absolute atomic E-state index is 0.0488. The number of hydrogen-bond donors (Lipinski definition) is 2. The Labute approximate surface area is 119 Å². The molecule has 0 fully saturated rings. The van der Waals surface area contributed by atoms with Crippen molar-refractivity contribution in [1.29, 1.82) is 0 Å². The molecule has 0 saturated heterocycles. The van der Waals surface area contributed by atoms with Gasteiger partial charge in [0.15, 0.2) is 0 Å². The molecule has 0 aromatic heterocycles. The molecule has 112 valence electrons. The normalized spacial score (nSPS) is 11.2. The summed E-state index contributed by atoms with van der Waals surface area (Å²) in [5.74, 6) is 0. The van der Waals surface area contributed by atoms with Crippen LogP contribution in [-0.2, 0) is 0 Å². The van der Waals surface area contributed by atoms with E-state index >= 15 is 0 Å². The number of likely N-dealkylation sites (N-methyl/N-ethyl adjacent to an activating group) is 1. The topological polar surface area (TPSA) is 78.6 Å². The van der Waals surface area contributed by atoms with Gasteiger partial charge in [0, 0.05) is 20.1 Å². The lowest BCUT2D eigenvalue weighted by Crippen LogP contribution is -2.36. The van der Waals surface area contributed by atoms with Crippen LogP contribution in [0.25, 0.3) is 0 Å². The number of hydrogen-bond acceptors (Lipinski definition) is 5. The summed E-state index contributed by atoms with van der Waals surface area (Å²) in [4.78, 5) is 12.7. The summed E-state index contributed by atoms with van der Waals surface area (Å²) in [6, 6.07) is 5.18.